The predicted molar refractivity (Wildman–Crippen MR) is 135 cm³/mol. The van der Waals surface area contributed by atoms with Crippen LogP contribution in [-0.4, -0.2) is 27.5 Å². The molecule has 206 valence electrons. The molecule has 5 rings (SSSR count). The molecule has 0 unspecified atom stereocenters. The summed E-state index contributed by atoms with van der Waals surface area (Å²) in [6.45, 7) is -2.99. The van der Waals surface area contributed by atoms with Gasteiger partial charge in [0.1, 0.15) is 29.7 Å². The van der Waals surface area contributed by atoms with E-state index in [-0.39, 0.29) is 30.2 Å². The largest absolute Gasteiger partial charge is 0.573 e. The van der Waals surface area contributed by atoms with Gasteiger partial charge in [-0.1, -0.05) is 24.3 Å². The summed E-state index contributed by atoms with van der Waals surface area (Å²) in [7, 11) is 0. The van der Waals surface area contributed by atoms with Crippen LogP contribution in [0.15, 0.2) is 89.9 Å². The Morgan fingerprint density at radius 3 is 2.33 bits per heavy atom. The molecule has 1 N–H and O–H groups in total. The van der Waals surface area contributed by atoms with Crippen LogP contribution in [0.1, 0.15) is 11.4 Å². The Labute approximate surface area is 223 Å². The number of nitrogens with zero attached hydrogens (tertiary/aromatic N) is 2. The molecule has 0 aliphatic carbocycles. The molecule has 0 aliphatic rings. The number of pyridine rings is 1. The number of hydrogen-bond donors (Lipinski definition) is 1. The van der Waals surface area contributed by atoms with E-state index in [1.165, 1.54) is 24.3 Å². The van der Waals surface area contributed by atoms with Gasteiger partial charge >= 0.3 is 13.0 Å². The van der Waals surface area contributed by atoms with Crippen LogP contribution in [0.5, 0.6) is 17.2 Å². The highest BCUT2D eigenvalue weighted by atomic mass is 19.4. The van der Waals surface area contributed by atoms with Gasteiger partial charge in [-0.05, 0) is 59.7 Å². The third-order valence-electron chi connectivity index (χ3n) is 5.89. The number of hydrogen-bond acceptors (Lipinski definition) is 5. The molecular formula is C28H20F5N3O4. The van der Waals surface area contributed by atoms with Crippen molar-refractivity contribution in [2.24, 2.45) is 0 Å². The summed E-state index contributed by atoms with van der Waals surface area (Å²) in [5, 5.41) is 0. The van der Waals surface area contributed by atoms with Gasteiger partial charge in [0.2, 0.25) is 5.56 Å². The molecule has 0 bridgehead atoms. The van der Waals surface area contributed by atoms with Crippen molar-refractivity contribution in [2.75, 3.05) is 0 Å². The lowest BCUT2D eigenvalue weighted by atomic mass is 10.1. The van der Waals surface area contributed by atoms with E-state index < -0.39 is 18.7 Å². The van der Waals surface area contributed by atoms with Crippen molar-refractivity contribution in [3.8, 4) is 28.4 Å². The van der Waals surface area contributed by atoms with Crippen molar-refractivity contribution >= 4 is 11.0 Å². The standard InChI is InChI=1S/C28H20F5N3O4/c29-27(30)39-24-4-2-1-3-19(24)15-36-23-13-17(18-6-12-26(37)34-14-18)5-11-22(23)35-25(36)16-38-20-7-9-21(10-8-20)40-28(31,32)33/h1-14,27H,15-16H2,(H,34,37). The zero-order chi connectivity index (χ0) is 28.3. The highest BCUT2D eigenvalue weighted by Crippen LogP contribution is 2.29. The monoisotopic (exact) mass is 557 g/mol. The summed E-state index contributed by atoms with van der Waals surface area (Å²) < 4.78 is 79.6. The SMILES string of the molecule is O=c1ccc(-c2ccc3nc(COc4ccc(OC(F)(F)F)cc4)n(Cc4ccccc4OC(F)F)c3c2)c[nH]1. The molecule has 0 aliphatic heterocycles. The predicted octanol–water partition coefficient (Wildman–Crippen LogP) is 6.52. The van der Waals surface area contributed by atoms with Gasteiger partial charge in [-0.25, -0.2) is 4.98 Å². The first-order valence-corrected chi connectivity index (χ1v) is 11.8. The second kappa shape index (κ2) is 11.1. The van der Waals surface area contributed by atoms with Crippen molar-refractivity contribution in [2.45, 2.75) is 26.1 Å². The van der Waals surface area contributed by atoms with E-state index in [0.29, 0.717) is 22.4 Å². The Kier molecular flexibility index (Phi) is 7.41. The van der Waals surface area contributed by atoms with E-state index in [1.807, 2.05) is 12.1 Å². The number of halogens is 5. The van der Waals surface area contributed by atoms with Gasteiger partial charge in [-0.2, -0.15) is 8.78 Å². The third kappa shape index (κ3) is 6.40. The molecule has 2 aromatic heterocycles. The fourth-order valence-corrected chi connectivity index (χ4v) is 4.13. The Morgan fingerprint density at radius 2 is 1.62 bits per heavy atom. The summed E-state index contributed by atoms with van der Waals surface area (Å²) in [6, 6.07) is 19.8. The van der Waals surface area contributed by atoms with E-state index in [0.717, 1.165) is 23.3 Å². The molecule has 5 aromatic rings. The molecule has 0 spiro atoms. The lowest BCUT2D eigenvalue weighted by Gasteiger charge is -2.15. The van der Waals surface area contributed by atoms with Crippen molar-refractivity contribution in [3.63, 3.8) is 0 Å². The number of fused-ring (bicyclic) bond motifs is 1. The summed E-state index contributed by atoms with van der Waals surface area (Å²) >= 11 is 0. The molecule has 40 heavy (non-hydrogen) atoms. The zero-order valence-electron chi connectivity index (χ0n) is 20.5. The highest BCUT2D eigenvalue weighted by molar-refractivity contribution is 5.82. The number of para-hydroxylation sites is 1. The Morgan fingerprint density at radius 1 is 0.900 bits per heavy atom. The number of benzene rings is 3. The lowest BCUT2D eigenvalue weighted by Crippen LogP contribution is -2.17. The molecule has 0 fully saturated rings. The minimum absolute atomic E-state index is 0.00302. The maximum absolute atomic E-state index is 13.1. The van der Waals surface area contributed by atoms with Crippen LogP contribution in [0, 0.1) is 0 Å². The van der Waals surface area contributed by atoms with Gasteiger partial charge in [-0.3, -0.25) is 4.79 Å². The molecule has 12 heteroatoms. The van der Waals surface area contributed by atoms with Crippen LogP contribution in [0.2, 0.25) is 0 Å². The van der Waals surface area contributed by atoms with Crippen LogP contribution < -0.4 is 19.8 Å². The fourth-order valence-electron chi connectivity index (χ4n) is 4.13. The van der Waals surface area contributed by atoms with Crippen LogP contribution >= 0.6 is 0 Å². The molecule has 2 heterocycles. The Hall–Kier alpha value is -4.87. The van der Waals surface area contributed by atoms with E-state index in [2.05, 4.69) is 14.7 Å². The average molecular weight is 557 g/mol. The van der Waals surface area contributed by atoms with Gasteiger partial charge < -0.3 is 23.8 Å². The smallest absolute Gasteiger partial charge is 0.486 e. The summed E-state index contributed by atoms with van der Waals surface area (Å²) in [4.78, 5) is 18.8. The van der Waals surface area contributed by atoms with E-state index >= 15 is 0 Å². The highest BCUT2D eigenvalue weighted by Gasteiger charge is 2.31. The Bertz CT molecular complexity index is 1660. The molecule has 0 amide bonds. The van der Waals surface area contributed by atoms with Crippen molar-refractivity contribution in [3.05, 3.63) is 107 Å². The Balaban J connectivity index is 1.50. The molecule has 0 saturated carbocycles. The van der Waals surface area contributed by atoms with E-state index in [1.54, 1.807) is 41.1 Å². The zero-order valence-corrected chi connectivity index (χ0v) is 20.5. The van der Waals surface area contributed by atoms with Gasteiger partial charge in [0.05, 0.1) is 17.6 Å². The fraction of sp³-hybridized carbons (Fsp3) is 0.143. The van der Waals surface area contributed by atoms with Gasteiger partial charge in [0.25, 0.3) is 0 Å². The molecule has 0 atom stereocenters. The number of imidazole rings is 1. The normalized spacial score (nSPS) is 11.7. The van der Waals surface area contributed by atoms with Crippen LogP contribution in [0.3, 0.4) is 0 Å². The second-order valence-corrected chi connectivity index (χ2v) is 8.55. The number of ether oxygens (including phenoxy) is 3. The minimum atomic E-state index is -4.81. The first kappa shape index (κ1) is 26.7. The maximum atomic E-state index is 13.1. The minimum Gasteiger partial charge on any atom is -0.486 e. The first-order chi connectivity index (χ1) is 19.1. The maximum Gasteiger partial charge on any atom is 0.573 e. The van der Waals surface area contributed by atoms with E-state index in [4.69, 9.17) is 9.47 Å². The van der Waals surface area contributed by atoms with Crippen LogP contribution in [-0.2, 0) is 13.2 Å². The summed E-state index contributed by atoms with van der Waals surface area (Å²) in [5.41, 5.74) is 2.98. The van der Waals surface area contributed by atoms with Crippen molar-refractivity contribution in [1.82, 2.24) is 14.5 Å². The number of aromatic amines is 1. The number of H-pyrrole nitrogens is 1. The molecular weight excluding hydrogens is 537 g/mol. The number of nitrogens with one attached hydrogen (secondary N) is 1. The van der Waals surface area contributed by atoms with Crippen LogP contribution in [0.4, 0.5) is 22.0 Å². The lowest BCUT2D eigenvalue weighted by molar-refractivity contribution is -0.274. The molecule has 0 radical (unpaired) electrons. The average Bonchev–Trinajstić information content (AvgIpc) is 3.25. The van der Waals surface area contributed by atoms with E-state index in [9.17, 15) is 26.7 Å². The third-order valence-corrected chi connectivity index (χ3v) is 5.89. The van der Waals surface area contributed by atoms with Crippen LogP contribution in [0.25, 0.3) is 22.2 Å². The first-order valence-electron chi connectivity index (χ1n) is 11.8. The van der Waals surface area contributed by atoms with Gasteiger partial charge in [0.15, 0.2) is 0 Å². The quantitative estimate of drug-likeness (QED) is 0.209. The molecule has 3 aromatic carbocycles. The van der Waals surface area contributed by atoms with Gasteiger partial charge in [-0.15, -0.1) is 13.2 Å². The van der Waals surface area contributed by atoms with Crippen molar-refractivity contribution in [1.29, 1.82) is 0 Å². The number of alkyl halides is 5. The number of aromatic nitrogens is 3. The number of rotatable bonds is 9. The topological polar surface area (TPSA) is 78.4 Å². The van der Waals surface area contributed by atoms with Crippen molar-refractivity contribution < 1.29 is 36.2 Å². The summed E-state index contributed by atoms with van der Waals surface area (Å²) in [5.74, 6) is 0.306. The molecule has 0 saturated heterocycles. The molecule has 7 nitrogen and oxygen atoms in total. The second-order valence-electron chi connectivity index (χ2n) is 8.55. The van der Waals surface area contributed by atoms with Gasteiger partial charge in [0, 0.05) is 17.8 Å². The summed E-state index contributed by atoms with van der Waals surface area (Å²) in [6.07, 6.45) is -3.24.